The zero-order chi connectivity index (χ0) is 12.1. The Morgan fingerprint density at radius 1 is 1.38 bits per heavy atom. The lowest BCUT2D eigenvalue weighted by Crippen LogP contribution is -2.40. The van der Waals surface area contributed by atoms with Gasteiger partial charge in [-0.2, -0.15) is 18.3 Å². The standard InChI is InChI=1S/C10H14F3N3/c1-9(2)5-16(3)4-6-7(9)14-15-8(6)10(11,12)13/h4-5H2,1-3H3,(H,14,15). The van der Waals surface area contributed by atoms with E-state index in [1.165, 1.54) is 0 Å². The molecular formula is C10H14F3N3. The van der Waals surface area contributed by atoms with Crippen molar-refractivity contribution in [2.24, 2.45) is 0 Å². The first kappa shape index (κ1) is 11.4. The fraction of sp³-hybridized carbons (Fsp3) is 0.700. The maximum absolute atomic E-state index is 12.7. The number of nitrogens with one attached hydrogen (secondary N) is 1. The summed E-state index contributed by atoms with van der Waals surface area (Å²) in [6, 6.07) is 0. The molecule has 0 fully saturated rings. The normalized spacial score (nSPS) is 20.9. The number of H-pyrrole nitrogens is 1. The van der Waals surface area contributed by atoms with E-state index in [4.69, 9.17) is 0 Å². The van der Waals surface area contributed by atoms with E-state index in [0.29, 0.717) is 12.2 Å². The summed E-state index contributed by atoms with van der Waals surface area (Å²) in [6.07, 6.45) is -4.38. The van der Waals surface area contributed by atoms with E-state index in [-0.39, 0.29) is 11.0 Å². The molecule has 1 aromatic rings. The molecule has 6 heteroatoms. The average molecular weight is 233 g/mol. The quantitative estimate of drug-likeness (QED) is 0.744. The third-order valence-electron chi connectivity index (χ3n) is 2.91. The lowest BCUT2D eigenvalue weighted by molar-refractivity contribution is -0.142. The molecule has 1 N–H and O–H groups in total. The number of fused-ring (bicyclic) bond motifs is 1. The van der Waals surface area contributed by atoms with Gasteiger partial charge in [-0.1, -0.05) is 13.8 Å². The Balaban J connectivity index is 2.54. The van der Waals surface area contributed by atoms with Crippen molar-refractivity contribution in [3.63, 3.8) is 0 Å². The first-order valence-electron chi connectivity index (χ1n) is 5.05. The first-order chi connectivity index (χ1) is 7.22. The molecule has 2 rings (SSSR count). The molecule has 0 saturated heterocycles. The SMILES string of the molecule is CN1Cc2c(C(F)(F)F)n[nH]c2C(C)(C)C1. The van der Waals surface area contributed by atoms with E-state index in [1.807, 2.05) is 25.8 Å². The number of aromatic amines is 1. The van der Waals surface area contributed by atoms with Gasteiger partial charge in [-0.05, 0) is 7.05 Å². The molecule has 0 unspecified atom stereocenters. The van der Waals surface area contributed by atoms with Crippen LogP contribution in [-0.2, 0) is 18.1 Å². The lowest BCUT2D eigenvalue weighted by Gasteiger charge is -2.35. The van der Waals surface area contributed by atoms with Crippen molar-refractivity contribution in [2.45, 2.75) is 32.0 Å². The molecule has 0 aliphatic carbocycles. The van der Waals surface area contributed by atoms with E-state index in [0.717, 1.165) is 6.54 Å². The van der Waals surface area contributed by atoms with Crippen LogP contribution in [0.4, 0.5) is 13.2 Å². The molecule has 0 spiro atoms. The highest BCUT2D eigenvalue weighted by atomic mass is 19.4. The van der Waals surface area contributed by atoms with Crippen molar-refractivity contribution >= 4 is 0 Å². The number of rotatable bonds is 0. The van der Waals surface area contributed by atoms with Crippen molar-refractivity contribution in [1.82, 2.24) is 15.1 Å². The van der Waals surface area contributed by atoms with E-state index < -0.39 is 11.9 Å². The summed E-state index contributed by atoms with van der Waals surface area (Å²) in [5.74, 6) is 0. The Labute approximate surface area is 91.6 Å². The maximum atomic E-state index is 12.7. The fourth-order valence-corrected chi connectivity index (χ4v) is 2.39. The van der Waals surface area contributed by atoms with Gasteiger partial charge < -0.3 is 4.90 Å². The third-order valence-corrected chi connectivity index (χ3v) is 2.91. The van der Waals surface area contributed by atoms with Gasteiger partial charge in [-0.3, -0.25) is 5.10 Å². The van der Waals surface area contributed by atoms with Gasteiger partial charge in [0.05, 0.1) is 0 Å². The van der Waals surface area contributed by atoms with Gasteiger partial charge in [-0.15, -0.1) is 0 Å². The average Bonchev–Trinajstić information content (AvgIpc) is 2.44. The predicted molar refractivity (Wildman–Crippen MR) is 52.9 cm³/mol. The van der Waals surface area contributed by atoms with E-state index in [1.54, 1.807) is 0 Å². The second-order valence-corrected chi connectivity index (χ2v) is 4.98. The second-order valence-electron chi connectivity index (χ2n) is 4.98. The molecule has 1 aliphatic rings. The fourth-order valence-electron chi connectivity index (χ4n) is 2.39. The van der Waals surface area contributed by atoms with Gasteiger partial charge in [0.15, 0.2) is 5.69 Å². The topological polar surface area (TPSA) is 31.9 Å². The maximum Gasteiger partial charge on any atom is 0.435 e. The van der Waals surface area contributed by atoms with Crippen molar-refractivity contribution in [2.75, 3.05) is 13.6 Å². The Morgan fingerprint density at radius 2 is 2.00 bits per heavy atom. The molecule has 1 aliphatic heterocycles. The number of aromatic nitrogens is 2. The van der Waals surface area contributed by atoms with Crippen LogP contribution >= 0.6 is 0 Å². The van der Waals surface area contributed by atoms with Crippen LogP contribution in [0.1, 0.15) is 30.8 Å². The summed E-state index contributed by atoms with van der Waals surface area (Å²) >= 11 is 0. The highest BCUT2D eigenvalue weighted by molar-refractivity contribution is 5.34. The minimum Gasteiger partial charge on any atom is -0.301 e. The van der Waals surface area contributed by atoms with E-state index in [2.05, 4.69) is 10.2 Å². The van der Waals surface area contributed by atoms with Crippen LogP contribution < -0.4 is 0 Å². The molecule has 2 heterocycles. The van der Waals surface area contributed by atoms with Gasteiger partial charge in [0.1, 0.15) is 0 Å². The number of halogens is 3. The minimum absolute atomic E-state index is 0.284. The van der Waals surface area contributed by atoms with Crippen molar-refractivity contribution in [1.29, 1.82) is 0 Å². The van der Waals surface area contributed by atoms with Crippen molar-refractivity contribution in [3.05, 3.63) is 17.0 Å². The lowest BCUT2D eigenvalue weighted by atomic mass is 9.82. The highest BCUT2D eigenvalue weighted by Gasteiger charge is 2.42. The first-order valence-corrected chi connectivity index (χ1v) is 5.05. The van der Waals surface area contributed by atoms with Gasteiger partial charge in [-0.25, -0.2) is 0 Å². The molecule has 0 atom stereocenters. The van der Waals surface area contributed by atoms with Crippen LogP contribution in [0.2, 0.25) is 0 Å². The van der Waals surface area contributed by atoms with Gasteiger partial charge in [0, 0.05) is 29.8 Å². The molecule has 1 aromatic heterocycles. The number of hydrogen-bond acceptors (Lipinski definition) is 2. The molecule has 0 bridgehead atoms. The Hall–Kier alpha value is -1.04. The number of alkyl halides is 3. The minimum atomic E-state index is -4.38. The van der Waals surface area contributed by atoms with Crippen LogP contribution in [-0.4, -0.2) is 28.7 Å². The molecule has 3 nitrogen and oxygen atoms in total. The van der Waals surface area contributed by atoms with E-state index >= 15 is 0 Å². The Morgan fingerprint density at radius 3 is 2.56 bits per heavy atom. The molecule has 0 radical (unpaired) electrons. The zero-order valence-electron chi connectivity index (χ0n) is 9.44. The summed E-state index contributed by atoms with van der Waals surface area (Å²) in [5, 5.41) is 5.97. The molecule has 16 heavy (non-hydrogen) atoms. The van der Waals surface area contributed by atoms with Crippen molar-refractivity contribution in [3.8, 4) is 0 Å². The monoisotopic (exact) mass is 233 g/mol. The van der Waals surface area contributed by atoms with E-state index in [9.17, 15) is 13.2 Å². The van der Waals surface area contributed by atoms with Gasteiger partial charge >= 0.3 is 6.18 Å². The summed E-state index contributed by atoms with van der Waals surface area (Å²) < 4.78 is 38.1. The number of likely N-dealkylation sites (N-methyl/N-ethyl adjacent to an activating group) is 1. The van der Waals surface area contributed by atoms with Crippen LogP contribution in [0, 0.1) is 0 Å². The number of hydrogen-bond donors (Lipinski definition) is 1. The summed E-state index contributed by atoms with van der Waals surface area (Å²) in [6.45, 7) is 4.85. The van der Waals surface area contributed by atoms with Crippen LogP contribution in [0.15, 0.2) is 0 Å². The largest absolute Gasteiger partial charge is 0.435 e. The van der Waals surface area contributed by atoms with Gasteiger partial charge in [0.2, 0.25) is 0 Å². The second kappa shape index (κ2) is 3.23. The predicted octanol–water partition coefficient (Wildman–Crippen LogP) is 2.15. The van der Waals surface area contributed by atoms with Crippen LogP contribution in [0.5, 0.6) is 0 Å². The van der Waals surface area contributed by atoms with Gasteiger partial charge in [0.25, 0.3) is 0 Å². The Bertz CT molecular complexity index is 392. The summed E-state index contributed by atoms with van der Waals surface area (Å²) in [7, 11) is 1.82. The molecule has 0 aromatic carbocycles. The number of nitrogens with zero attached hydrogens (tertiary/aromatic N) is 2. The smallest absolute Gasteiger partial charge is 0.301 e. The van der Waals surface area contributed by atoms with Crippen molar-refractivity contribution < 1.29 is 13.2 Å². The highest BCUT2D eigenvalue weighted by Crippen LogP contribution is 2.38. The molecule has 0 amide bonds. The van der Waals surface area contributed by atoms with Crippen LogP contribution in [0.3, 0.4) is 0 Å². The summed E-state index contributed by atoms with van der Waals surface area (Å²) in [4.78, 5) is 1.88. The summed E-state index contributed by atoms with van der Waals surface area (Å²) in [5.41, 5.74) is -0.204. The van der Waals surface area contributed by atoms with Crippen LogP contribution in [0.25, 0.3) is 0 Å². The third kappa shape index (κ3) is 1.71. The molecular weight excluding hydrogens is 219 g/mol. The Kier molecular flexibility index (Phi) is 2.31. The molecule has 0 saturated carbocycles. The molecule has 90 valence electrons. The zero-order valence-corrected chi connectivity index (χ0v) is 9.44.